The van der Waals surface area contributed by atoms with E-state index in [0.717, 1.165) is 31.3 Å². The number of nitrogens with zero attached hydrogens (tertiary/aromatic N) is 1. The summed E-state index contributed by atoms with van der Waals surface area (Å²) in [7, 11) is 0. The molecular formula is C15H12ClF4NO. The first-order valence-corrected chi connectivity index (χ1v) is 6.70. The van der Waals surface area contributed by atoms with Crippen LogP contribution in [0.4, 0.5) is 17.6 Å². The third kappa shape index (κ3) is 2.80. The summed E-state index contributed by atoms with van der Waals surface area (Å²) in [5, 5.41) is 10.4. The van der Waals surface area contributed by atoms with Crippen molar-refractivity contribution in [3.8, 4) is 0 Å². The first-order chi connectivity index (χ1) is 10.2. The predicted octanol–water partition coefficient (Wildman–Crippen LogP) is 4.43. The third-order valence-electron chi connectivity index (χ3n) is 3.59. The lowest BCUT2D eigenvalue weighted by atomic mass is 9.78. The Hall–Kier alpha value is -1.66. The van der Waals surface area contributed by atoms with Crippen LogP contribution in [0.5, 0.6) is 0 Å². The summed E-state index contributed by atoms with van der Waals surface area (Å²) in [5.74, 6) is -2.50. The lowest BCUT2D eigenvalue weighted by Crippen LogP contribution is -2.46. The van der Waals surface area contributed by atoms with Gasteiger partial charge in [0.1, 0.15) is 5.82 Å². The van der Waals surface area contributed by atoms with Crippen LogP contribution in [0.15, 0.2) is 42.7 Å². The first-order valence-electron chi connectivity index (χ1n) is 6.32. The Morgan fingerprint density at radius 2 is 1.91 bits per heavy atom. The van der Waals surface area contributed by atoms with Gasteiger partial charge < -0.3 is 5.11 Å². The van der Waals surface area contributed by atoms with Crippen molar-refractivity contribution in [3.63, 3.8) is 0 Å². The summed E-state index contributed by atoms with van der Waals surface area (Å²) in [6, 6.07) is 5.70. The van der Waals surface area contributed by atoms with Gasteiger partial charge in [-0.1, -0.05) is 30.7 Å². The third-order valence-corrected chi connectivity index (χ3v) is 3.82. The maximum Gasteiger partial charge on any atom is 0.422 e. The molecule has 2 atom stereocenters. The van der Waals surface area contributed by atoms with Crippen LogP contribution in [0.2, 0.25) is 5.02 Å². The summed E-state index contributed by atoms with van der Waals surface area (Å²) in [5.41, 5.74) is -4.01. The molecule has 1 heterocycles. The van der Waals surface area contributed by atoms with Crippen molar-refractivity contribution in [2.75, 3.05) is 0 Å². The molecule has 0 radical (unpaired) electrons. The van der Waals surface area contributed by atoms with E-state index in [1.165, 1.54) is 18.3 Å². The summed E-state index contributed by atoms with van der Waals surface area (Å²) in [6.45, 7) is 1.10. The van der Waals surface area contributed by atoms with E-state index >= 15 is 0 Å². The van der Waals surface area contributed by atoms with Crippen LogP contribution in [0.25, 0.3) is 0 Å². The van der Waals surface area contributed by atoms with Gasteiger partial charge in [0.05, 0.1) is 0 Å². The zero-order valence-corrected chi connectivity index (χ0v) is 12.2. The molecule has 0 saturated heterocycles. The maximum atomic E-state index is 14.0. The van der Waals surface area contributed by atoms with Crippen LogP contribution in [-0.4, -0.2) is 16.3 Å². The van der Waals surface area contributed by atoms with Crippen molar-refractivity contribution >= 4 is 11.6 Å². The van der Waals surface area contributed by atoms with Gasteiger partial charge in [-0.05, 0) is 23.8 Å². The molecular weight excluding hydrogens is 322 g/mol. The van der Waals surface area contributed by atoms with E-state index in [4.69, 9.17) is 11.6 Å². The minimum Gasteiger partial charge on any atom is -0.376 e. The zero-order valence-electron chi connectivity index (χ0n) is 11.4. The normalized spacial score (nSPS) is 16.1. The molecule has 1 aromatic carbocycles. The molecule has 0 spiro atoms. The van der Waals surface area contributed by atoms with Crippen molar-refractivity contribution in [2.24, 2.45) is 0 Å². The van der Waals surface area contributed by atoms with E-state index in [-0.39, 0.29) is 10.6 Å². The predicted molar refractivity (Wildman–Crippen MR) is 74.0 cm³/mol. The molecule has 1 N–H and O–H groups in total. The average Bonchev–Trinajstić information content (AvgIpc) is 2.45. The van der Waals surface area contributed by atoms with Crippen molar-refractivity contribution in [3.05, 3.63) is 64.7 Å². The fourth-order valence-corrected chi connectivity index (χ4v) is 2.48. The molecule has 0 aliphatic heterocycles. The highest BCUT2D eigenvalue weighted by molar-refractivity contribution is 6.30. The van der Waals surface area contributed by atoms with Gasteiger partial charge in [0.25, 0.3) is 0 Å². The van der Waals surface area contributed by atoms with Crippen LogP contribution >= 0.6 is 11.6 Å². The van der Waals surface area contributed by atoms with E-state index < -0.39 is 29.1 Å². The second-order valence-electron chi connectivity index (χ2n) is 4.89. The molecule has 2 rings (SSSR count). The van der Waals surface area contributed by atoms with Gasteiger partial charge in [0.15, 0.2) is 5.60 Å². The smallest absolute Gasteiger partial charge is 0.376 e. The van der Waals surface area contributed by atoms with Crippen molar-refractivity contribution in [1.29, 1.82) is 0 Å². The number of aromatic nitrogens is 1. The molecule has 2 nitrogen and oxygen atoms in total. The molecule has 2 unspecified atom stereocenters. The van der Waals surface area contributed by atoms with Crippen LogP contribution in [0.3, 0.4) is 0 Å². The summed E-state index contributed by atoms with van der Waals surface area (Å²) in [6.07, 6.45) is -2.81. The number of hydrogen-bond acceptors (Lipinski definition) is 2. The maximum absolute atomic E-state index is 14.0. The van der Waals surface area contributed by atoms with Gasteiger partial charge in [-0.15, -0.1) is 0 Å². The lowest BCUT2D eigenvalue weighted by molar-refractivity contribution is -0.274. The Labute approximate surface area is 129 Å². The lowest BCUT2D eigenvalue weighted by Gasteiger charge is -2.36. The van der Waals surface area contributed by atoms with Crippen molar-refractivity contribution in [2.45, 2.75) is 24.6 Å². The highest BCUT2D eigenvalue weighted by Gasteiger charge is 2.59. The molecule has 0 fully saturated rings. The topological polar surface area (TPSA) is 33.1 Å². The number of pyridine rings is 1. The Kier molecular flexibility index (Phi) is 4.44. The highest BCUT2D eigenvalue weighted by atomic mass is 35.5. The standard InChI is InChI=1S/C15H12ClF4NO/c1-9(12-5-4-11(16)7-13(12)17)14(22,15(18,19)20)10-3-2-6-21-8-10/h2-9,22H,1H3. The van der Waals surface area contributed by atoms with Crippen molar-refractivity contribution < 1.29 is 22.7 Å². The highest BCUT2D eigenvalue weighted by Crippen LogP contribution is 2.48. The van der Waals surface area contributed by atoms with Gasteiger partial charge in [0, 0.05) is 28.9 Å². The van der Waals surface area contributed by atoms with Gasteiger partial charge in [-0.2, -0.15) is 13.2 Å². The van der Waals surface area contributed by atoms with Gasteiger partial charge in [0.2, 0.25) is 0 Å². The number of benzene rings is 1. The van der Waals surface area contributed by atoms with E-state index in [1.807, 2.05) is 0 Å². The molecule has 0 amide bonds. The molecule has 1 aromatic heterocycles. The molecule has 118 valence electrons. The minimum atomic E-state index is -5.01. The summed E-state index contributed by atoms with van der Waals surface area (Å²) in [4.78, 5) is 3.60. The SMILES string of the molecule is CC(c1ccc(Cl)cc1F)C(O)(c1cccnc1)C(F)(F)F. The number of hydrogen-bond donors (Lipinski definition) is 1. The van der Waals surface area contributed by atoms with Gasteiger partial charge >= 0.3 is 6.18 Å². The Balaban J connectivity index is 2.60. The van der Waals surface area contributed by atoms with Crippen LogP contribution in [0.1, 0.15) is 24.0 Å². The molecule has 7 heteroatoms. The molecule has 0 aliphatic carbocycles. The zero-order chi connectivity index (χ0) is 16.5. The largest absolute Gasteiger partial charge is 0.422 e. The van der Waals surface area contributed by atoms with Crippen molar-refractivity contribution in [1.82, 2.24) is 4.98 Å². The summed E-state index contributed by atoms with van der Waals surface area (Å²) < 4.78 is 54.5. The second-order valence-corrected chi connectivity index (χ2v) is 5.33. The minimum absolute atomic E-state index is 0.0605. The number of aliphatic hydroxyl groups is 1. The fourth-order valence-electron chi connectivity index (χ4n) is 2.33. The first kappa shape index (κ1) is 16.7. The van der Waals surface area contributed by atoms with Gasteiger partial charge in [-0.25, -0.2) is 4.39 Å². The number of halogens is 5. The second kappa shape index (κ2) is 5.85. The Bertz CT molecular complexity index is 662. The monoisotopic (exact) mass is 333 g/mol. The Morgan fingerprint density at radius 3 is 2.41 bits per heavy atom. The van der Waals surface area contributed by atoms with E-state index in [2.05, 4.69) is 4.98 Å². The molecule has 22 heavy (non-hydrogen) atoms. The van der Waals surface area contributed by atoms with Crippen LogP contribution < -0.4 is 0 Å². The molecule has 0 aliphatic rings. The Morgan fingerprint density at radius 1 is 1.23 bits per heavy atom. The quantitative estimate of drug-likeness (QED) is 0.843. The number of alkyl halides is 3. The molecule has 0 bridgehead atoms. The van der Waals surface area contributed by atoms with E-state index in [1.54, 1.807) is 0 Å². The van der Waals surface area contributed by atoms with Crippen LogP contribution in [0, 0.1) is 5.82 Å². The number of rotatable bonds is 3. The van der Waals surface area contributed by atoms with Crippen LogP contribution in [-0.2, 0) is 5.60 Å². The molecule has 2 aromatic rings. The van der Waals surface area contributed by atoms with Gasteiger partial charge in [-0.3, -0.25) is 4.98 Å². The average molecular weight is 334 g/mol. The van der Waals surface area contributed by atoms with E-state index in [9.17, 15) is 22.7 Å². The fraction of sp³-hybridized carbons (Fsp3) is 0.267. The van der Waals surface area contributed by atoms with E-state index in [0.29, 0.717) is 0 Å². The molecule has 0 saturated carbocycles. The summed E-state index contributed by atoms with van der Waals surface area (Å²) >= 11 is 5.61.